The average Bonchev–Trinajstić information content (AvgIpc) is 3.44. The highest BCUT2D eigenvalue weighted by Crippen LogP contribution is 2.38. The molecule has 5 rings (SSSR count). The molecule has 8 nitrogen and oxygen atoms in total. The topological polar surface area (TPSA) is 114 Å². The van der Waals surface area contributed by atoms with E-state index >= 15 is 0 Å². The molecule has 3 aromatic carbocycles. The number of hydrogen-bond acceptors (Lipinski definition) is 7. The number of nitrogens with zero attached hydrogens (tertiary/aromatic N) is 2. The Bertz CT molecular complexity index is 1820. The van der Waals surface area contributed by atoms with Crippen molar-refractivity contribution >= 4 is 63.3 Å². The van der Waals surface area contributed by atoms with Crippen molar-refractivity contribution in [3.05, 3.63) is 112 Å². The fraction of sp³-hybridized carbons (Fsp3) is 0.243. The number of nitrogens with one attached hydrogen (secondary N) is 3. The van der Waals surface area contributed by atoms with E-state index in [9.17, 15) is 19.6 Å². The number of fused-ring (bicyclic) bond motifs is 1. The van der Waals surface area contributed by atoms with Gasteiger partial charge in [0.2, 0.25) is 5.91 Å². The Kier molecular flexibility index (Phi) is 11.1. The minimum absolute atomic E-state index is 0.0901. The van der Waals surface area contributed by atoms with Crippen molar-refractivity contribution in [3.8, 4) is 6.07 Å². The number of thiophene rings is 1. The lowest BCUT2D eigenvalue weighted by molar-refractivity contribution is -0.116. The summed E-state index contributed by atoms with van der Waals surface area (Å²) < 4.78 is 0. The van der Waals surface area contributed by atoms with Crippen LogP contribution in [0.3, 0.4) is 0 Å². The number of nitriles is 1. The number of amides is 3. The summed E-state index contributed by atoms with van der Waals surface area (Å²) in [6.45, 7) is 1.95. The lowest BCUT2D eigenvalue weighted by Crippen LogP contribution is -2.30. The van der Waals surface area contributed by atoms with Crippen molar-refractivity contribution in [1.82, 2.24) is 5.32 Å². The molecule has 0 spiro atoms. The van der Waals surface area contributed by atoms with Gasteiger partial charge in [-0.2, -0.15) is 5.26 Å². The summed E-state index contributed by atoms with van der Waals surface area (Å²) in [4.78, 5) is 44.0. The summed E-state index contributed by atoms with van der Waals surface area (Å²) in [5.74, 6) is -1.04. The van der Waals surface area contributed by atoms with Crippen molar-refractivity contribution in [2.75, 3.05) is 29.6 Å². The van der Waals surface area contributed by atoms with Crippen LogP contribution >= 0.6 is 23.1 Å². The minimum Gasteiger partial charge on any atom is -0.378 e. The van der Waals surface area contributed by atoms with Gasteiger partial charge in [-0.1, -0.05) is 43.3 Å². The third-order valence-corrected chi connectivity index (χ3v) is 10.4. The summed E-state index contributed by atoms with van der Waals surface area (Å²) in [5, 5.41) is 18.8. The molecule has 1 aliphatic rings. The summed E-state index contributed by atoms with van der Waals surface area (Å²) >= 11 is 2.92. The third-order valence-electron chi connectivity index (χ3n) is 7.80. The van der Waals surface area contributed by atoms with E-state index in [0.717, 1.165) is 47.4 Å². The minimum atomic E-state index is -0.483. The predicted molar refractivity (Wildman–Crippen MR) is 192 cm³/mol. The van der Waals surface area contributed by atoms with Gasteiger partial charge in [0.25, 0.3) is 11.8 Å². The van der Waals surface area contributed by atoms with E-state index in [0.29, 0.717) is 28.2 Å². The van der Waals surface area contributed by atoms with E-state index in [4.69, 9.17) is 0 Å². The van der Waals surface area contributed by atoms with E-state index < -0.39 is 17.1 Å². The molecule has 0 aliphatic heterocycles. The van der Waals surface area contributed by atoms with Crippen LogP contribution in [0, 0.1) is 11.3 Å². The van der Waals surface area contributed by atoms with Crippen LogP contribution in [-0.2, 0) is 22.4 Å². The Labute approximate surface area is 283 Å². The molecule has 3 N–H and O–H groups in total. The van der Waals surface area contributed by atoms with Gasteiger partial charge in [-0.05, 0) is 91.8 Å². The van der Waals surface area contributed by atoms with E-state index in [1.54, 1.807) is 36.4 Å². The fourth-order valence-electron chi connectivity index (χ4n) is 5.27. The van der Waals surface area contributed by atoms with Crippen molar-refractivity contribution in [1.29, 1.82) is 5.26 Å². The Morgan fingerprint density at radius 3 is 2.43 bits per heavy atom. The van der Waals surface area contributed by atoms with Gasteiger partial charge in [0.15, 0.2) is 0 Å². The average molecular weight is 664 g/mol. The molecule has 0 bridgehead atoms. The van der Waals surface area contributed by atoms with Gasteiger partial charge >= 0.3 is 0 Å². The van der Waals surface area contributed by atoms with Gasteiger partial charge in [-0.25, -0.2) is 0 Å². The normalized spacial score (nSPS) is 13.1. The Morgan fingerprint density at radius 2 is 1.72 bits per heavy atom. The summed E-state index contributed by atoms with van der Waals surface area (Å²) in [7, 11) is 3.90. The van der Waals surface area contributed by atoms with Crippen LogP contribution in [0.5, 0.6) is 0 Å². The first-order chi connectivity index (χ1) is 22.7. The number of thioether (sulfide) groups is 1. The Balaban J connectivity index is 1.31. The number of anilines is 3. The first-order valence-electron chi connectivity index (χ1n) is 15.5. The number of benzene rings is 3. The largest absolute Gasteiger partial charge is 0.378 e. The third kappa shape index (κ3) is 8.50. The summed E-state index contributed by atoms with van der Waals surface area (Å²) in [5.41, 5.74) is 4.49. The molecule has 0 fully saturated rings. The van der Waals surface area contributed by atoms with Crippen LogP contribution in [-0.4, -0.2) is 37.1 Å². The van der Waals surface area contributed by atoms with Crippen molar-refractivity contribution in [2.24, 2.45) is 0 Å². The van der Waals surface area contributed by atoms with E-state index in [2.05, 4.69) is 22.0 Å². The second-order valence-electron chi connectivity index (χ2n) is 11.4. The monoisotopic (exact) mass is 663 g/mol. The number of carbonyl (C=O) groups excluding carboxylic acids is 3. The quantitative estimate of drug-likeness (QED) is 0.113. The second-order valence-corrected chi connectivity index (χ2v) is 13.8. The standard InChI is InChI=1S/C37H37N5O3S2/c1-4-32(36(45)41-37-30(23-38)29-15-8-9-16-33(29)47-37)46-28-14-10-13-26(22-28)39-35(44)31(40-34(43)25-11-6-5-7-12-25)21-24-17-19-27(20-18-24)42(2)3/h5-7,10-14,17-22,32H,4,8-9,15-16H2,1-3H3,(H,39,44)(H,40,43)(H,41,45)/b31-21+. The predicted octanol–water partition coefficient (Wildman–Crippen LogP) is 7.48. The molecular formula is C37H37N5O3S2. The van der Waals surface area contributed by atoms with Crippen LogP contribution in [0.1, 0.15) is 58.1 Å². The lowest BCUT2D eigenvalue weighted by Gasteiger charge is -2.16. The Hall–Kier alpha value is -4.85. The number of carbonyl (C=O) groups is 3. The first-order valence-corrected chi connectivity index (χ1v) is 17.2. The fourth-order valence-corrected chi connectivity index (χ4v) is 7.53. The smallest absolute Gasteiger partial charge is 0.272 e. The molecule has 10 heteroatoms. The zero-order chi connectivity index (χ0) is 33.3. The molecule has 1 unspecified atom stereocenters. The number of hydrogen-bond donors (Lipinski definition) is 3. The first kappa shape index (κ1) is 33.5. The highest BCUT2D eigenvalue weighted by molar-refractivity contribution is 8.00. The lowest BCUT2D eigenvalue weighted by atomic mass is 9.96. The number of rotatable bonds is 11. The second kappa shape index (κ2) is 15.6. The van der Waals surface area contributed by atoms with Crippen molar-refractivity contribution in [3.63, 3.8) is 0 Å². The maximum Gasteiger partial charge on any atom is 0.272 e. The molecule has 47 heavy (non-hydrogen) atoms. The van der Waals surface area contributed by atoms with Gasteiger partial charge in [0, 0.05) is 40.8 Å². The highest BCUT2D eigenvalue weighted by atomic mass is 32.2. The van der Waals surface area contributed by atoms with Crippen molar-refractivity contribution in [2.45, 2.75) is 49.2 Å². The van der Waals surface area contributed by atoms with E-state index in [1.165, 1.54) is 28.0 Å². The zero-order valence-electron chi connectivity index (χ0n) is 26.6. The maximum absolute atomic E-state index is 13.6. The molecule has 1 atom stereocenters. The summed E-state index contributed by atoms with van der Waals surface area (Å²) in [6.07, 6.45) is 6.21. The van der Waals surface area contributed by atoms with Crippen LogP contribution in [0.15, 0.2) is 89.5 Å². The molecular weight excluding hydrogens is 627 g/mol. The molecule has 1 heterocycles. The number of aryl methyl sites for hydroxylation is 1. The van der Waals surface area contributed by atoms with Crippen LogP contribution in [0.4, 0.5) is 16.4 Å². The van der Waals surface area contributed by atoms with Crippen LogP contribution in [0.2, 0.25) is 0 Å². The molecule has 4 aromatic rings. The van der Waals surface area contributed by atoms with Gasteiger partial charge in [0.05, 0.1) is 10.8 Å². The van der Waals surface area contributed by atoms with E-state index in [1.807, 2.05) is 74.4 Å². The highest BCUT2D eigenvalue weighted by Gasteiger charge is 2.25. The molecule has 0 saturated carbocycles. The molecule has 0 saturated heterocycles. The van der Waals surface area contributed by atoms with Gasteiger partial charge in [-0.3, -0.25) is 14.4 Å². The van der Waals surface area contributed by atoms with Gasteiger partial charge < -0.3 is 20.9 Å². The molecule has 3 amide bonds. The Morgan fingerprint density at radius 1 is 0.979 bits per heavy atom. The molecule has 240 valence electrons. The van der Waals surface area contributed by atoms with Crippen LogP contribution < -0.4 is 20.9 Å². The molecule has 1 aromatic heterocycles. The maximum atomic E-state index is 13.6. The molecule has 1 aliphatic carbocycles. The van der Waals surface area contributed by atoms with Gasteiger partial charge in [0.1, 0.15) is 16.8 Å². The molecule has 0 radical (unpaired) electrons. The van der Waals surface area contributed by atoms with Gasteiger partial charge in [-0.15, -0.1) is 23.1 Å². The zero-order valence-corrected chi connectivity index (χ0v) is 28.3. The SMILES string of the molecule is CCC(Sc1cccc(NC(=O)/C(=C\c2ccc(N(C)C)cc2)NC(=O)c2ccccc2)c1)C(=O)Nc1sc2c(c1C#N)CCCC2. The van der Waals surface area contributed by atoms with Crippen LogP contribution in [0.25, 0.3) is 6.08 Å². The summed E-state index contributed by atoms with van der Waals surface area (Å²) in [6, 6.07) is 26.0. The van der Waals surface area contributed by atoms with Crippen molar-refractivity contribution < 1.29 is 14.4 Å². The van der Waals surface area contributed by atoms with E-state index in [-0.39, 0.29) is 11.6 Å².